The summed E-state index contributed by atoms with van der Waals surface area (Å²) in [4.78, 5) is 0. The predicted molar refractivity (Wildman–Crippen MR) is 51.3 cm³/mol. The molecule has 0 fully saturated rings. The molecule has 0 heterocycles. The van der Waals surface area contributed by atoms with E-state index in [4.69, 9.17) is 9.84 Å². The number of ether oxygens (including phenoxy) is 1. The van der Waals surface area contributed by atoms with Crippen LogP contribution in [-0.2, 0) is 4.74 Å². The van der Waals surface area contributed by atoms with Crippen LogP contribution in [0.5, 0.6) is 0 Å². The second kappa shape index (κ2) is 9.01. The molecule has 0 aromatic rings. The summed E-state index contributed by atoms with van der Waals surface area (Å²) < 4.78 is 5.54. The monoisotopic (exact) mass is 174 g/mol. The van der Waals surface area contributed by atoms with Crippen molar-refractivity contribution in [3.05, 3.63) is 0 Å². The van der Waals surface area contributed by atoms with Gasteiger partial charge in [0, 0.05) is 13.2 Å². The zero-order chi connectivity index (χ0) is 9.23. The van der Waals surface area contributed by atoms with Gasteiger partial charge in [0.25, 0.3) is 0 Å². The number of rotatable bonds is 8. The van der Waals surface area contributed by atoms with Crippen molar-refractivity contribution in [1.82, 2.24) is 0 Å². The largest absolute Gasteiger partial charge is 0.396 e. The Morgan fingerprint density at radius 1 is 1.25 bits per heavy atom. The fourth-order valence-electron chi connectivity index (χ4n) is 1.10. The normalized spacial score (nSPS) is 13.2. The van der Waals surface area contributed by atoms with Gasteiger partial charge in [-0.05, 0) is 26.2 Å². The highest BCUT2D eigenvalue weighted by molar-refractivity contribution is 4.49. The number of aliphatic hydroxyl groups is 1. The predicted octanol–water partition coefficient (Wildman–Crippen LogP) is 2.35. The lowest BCUT2D eigenvalue weighted by Crippen LogP contribution is -2.09. The SMILES string of the molecule is CCCCCO[C@@H](C)CCCO. The van der Waals surface area contributed by atoms with Gasteiger partial charge in [-0.25, -0.2) is 0 Å². The van der Waals surface area contributed by atoms with Crippen LogP contribution in [0.3, 0.4) is 0 Å². The summed E-state index contributed by atoms with van der Waals surface area (Å²) >= 11 is 0. The molecule has 2 heteroatoms. The van der Waals surface area contributed by atoms with Crippen LogP contribution in [-0.4, -0.2) is 24.4 Å². The molecule has 0 saturated heterocycles. The minimum Gasteiger partial charge on any atom is -0.396 e. The maximum Gasteiger partial charge on any atom is 0.0547 e. The van der Waals surface area contributed by atoms with E-state index in [1.807, 2.05) is 0 Å². The van der Waals surface area contributed by atoms with Crippen LogP contribution in [0, 0.1) is 0 Å². The molecule has 0 aliphatic heterocycles. The summed E-state index contributed by atoms with van der Waals surface area (Å²) in [5.74, 6) is 0. The van der Waals surface area contributed by atoms with Crippen molar-refractivity contribution < 1.29 is 9.84 Å². The summed E-state index contributed by atoms with van der Waals surface area (Å²) in [6.45, 7) is 5.42. The molecule has 0 spiro atoms. The third-order valence-corrected chi connectivity index (χ3v) is 1.92. The molecule has 0 radical (unpaired) electrons. The van der Waals surface area contributed by atoms with Crippen LogP contribution in [0.15, 0.2) is 0 Å². The summed E-state index contributed by atoms with van der Waals surface area (Å²) in [7, 11) is 0. The van der Waals surface area contributed by atoms with Gasteiger partial charge in [-0.2, -0.15) is 0 Å². The highest BCUT2D eigenvalue weighted by Crippen LogP contribution is 2.03. The Kier molecular flexibility index (Phi) is 8.95. The van der Waals surface area contributed by atoms with Gasteiger partial charge in [-0.1, -0.05) is 19.8 Å². The van der Waals surface area contributed by atoms with Crippen molar-refractivity contribution in [2.75, 3.05) is 13.2 Å². The van der Waals surface area contributed by atoms with Crippen molar-refractivity contribution in [3.8, 4) is 0 Å². The fraction of sp³-hybridized carbons (Fsp3) is 1.00. The van der Waals surface area contributed by atoms with Gasteiger partial charge in [0.15, 0.2) is 0 Å². The summed E-state index contributed by atoms with van der Waals surface area (Å²) in [5.41, 5.74) is 0. The molecule has 0 aromatic heterocycles. The Morgan fingerprint density at radius 3 is 2.58 bits per heavy atom. The highest BCUT2D eigenvalue weighted by atomic mass is 16.5. The van der Waals surface area contributed by atoms with Gasteiger partial charge in [-0.3, -0.25) is 0 Å². The third kappa shape index (κ3) is 8.02. The third-order valence-electron chi connectivity index (χ3n) is 1.92. The Morgan fingerprint density at radius 2 is 2.00 bits per heavy atom. The zero-order valence-electron chi connectivity index (χ0n) is 8.38. The van der Waals surface area contributed by atoms with E-state index in [1.54, 1.807) is 0 Å². The van der Waals surface area contributed by atoms with Crippen LogP contribution < -0.4 is 0 Å². The zero-order valence-corrected chi connectivity index (χ0v) is 8.38. The van der Waals surface area contributed by atoms with E-state index >= 15 is 0 Å². The molecule has 0 saturated carbocycles. The highest BCUT2D eigenvalue weighted by Gasteiger charge is 2.00. The van der Waals surface area contributed by atoms with E-state index in [1.165, 1.54) is 19.3 Å². The van der Waals surface area contributed by atoms with E-state index in [0.717, 1.165) is 19.4 Å². The first-order valence-electron chi connectivity index (χ1n) is 5.03. The number of aliphatic hydroxyl groups excluding tert-OH is 1. The molecule has 12 heavy (non-hydrogen) atoms. The Bertz CT molecular complexity index is 83.9. The first-order valence-corrected chi connectivity index (χ1v) is 5.03. The molecule has 0 unspecified atom stereocenters. The van der Waals surface area contributed by atoms with Gasteiger partial charge in [0.05, 0.1) is 6.10 Å². The number of hydrogen-bond acceptors (Lipinski definition) is 2. The van der Waals surface area contributed by atoms with Crippen LogP contribution in [0.4, 0.5) is 0 Å². The van der Waals surface area contributed by atoms with Gasteiger partial charge in [-0.15, -0.1) is 0 Å². The summed E-state index contributed by atoms with van der Waals surface area (Å²) in [6.07, 6.45) is 5.81. The second-order valence-corrected chi connectivity index (χ2v) is 3.25. The smallest absolute Gasteiger partial charge is 0.0547 e. The molecule has 2 nitrogen and oxygen atoms in total. The average molecular weight is 174 g/mol. The van der Waals surface area contributed by atoms with Crippen molar-refractivity contribution in [3.63, 3.8) is 0 Å². The minimum atomic E-state index is 0.280. The topological polar surface area (TPSA) is 29.5 Å². The maximum absolute atomic E-state index is 8.57. The molecule has 0 aromatic carbocycles. The van der Waals surface area contributed by atoms with Crippen molar-refractivity contribution >= 4 is 0 Å². The van der Waals surface area contributed by atoms with Gasteiger partial charge in [0.2, 0.25) is 0 Å². The lowest BCUT2D eigenvalue weighted by Gasteiger charge is -2.11. The molecular formula is C10H22O2. The Hall–Kier alpha value is -0.0800. The molecule has 1 atom stereocenters. The molecule has 1 N–H and O–H groups in total. The summed E-state index contributed by atoms with van der Waals surface area (Å²) in [5, 5.41) is 8.57. The first-order chi connectivity index (χ1) is 5.81. The van der Waals surface area contributed by atoms with E-state index in [-0.39, 0.29) is 6.61 Å². The maximum atomic E-state index is 8.57. The summed E-state index contributed by atoms with van der Waals surface area (Å²) in [6, 6.07) is 0. The molecular weight excluding hydrogens is 152 g/mol. The van der Waals surface area contributed by atoms with E-state index in [9.17, 15) is 0 Å². The number of hydrogen-bond donors (Lipinski definition) is 1. The van der Waals surface area contributed by atoms with Gasteiger partial charge < -0.3 is 9.84 Å². The minimum absolute atomic E-state index is 0.280. The van der Waals surface area contributed by atoms with Crippen LogP contribution >= 0.6 is 0 Å². The van der Waals surface area contributed by atoms with Crippen molar-refractivity contribution in [1.29, 1.82) is 0 Å². The number of unbranched alkanes of at least 4 members (excludes halogenated alkanes) is 2. The second-order valence-electron chi connectivity index (χ2n) is 3.25. The average Bonchev–Trinajstić information content (AvgIpc) is 2.09. The lowest BCUT2D eigenvalue weighted by atomic mass is 10.2. The van der Waals surface area contributed by atoms with Crippen molar-refractivity contribution in [2.45, 2.75) is 52.1 Å². The molecule has 0 amide bonds. The standard InChI is InChI=1S/C10H22O2/c1-3-4-5-9-12-10(2)7-6-8-11/h10-11H,3-9H2,1-2H3/t10-/m0/s1. The molecule has 0 aliphatic carbocycles. The molecule has 0 rings (SSSR count). The van der Waals surface area contributed by atoms with Crippen molar-refractivity contribution in [2.24, 2.45) is 0 Å². The Balaban J connectivity index is 3.02. The fourth-order valence-corrected chi connectivity index (χ4v) is 1.10. The van der Waals surface area contributed by atoms with Crippen LogP contribution in [0.2, 0.25) is 0 Å². The quantitative estimate of drug-likeness (QED) is 0.572. The first kappa shape index (κ1) is 11.9. The van der Waals surface area contributed by atoms with Gasteiger partial charge >= 0.3 is 0 Å². The Labute approximate surface area is 75.9 Å². The van der Waals surface area contributed by atoms with E-state index in [0.29, 0.717) is 6.10 Å². The lowest BCUT2D eigenvalue weighted by molar-refractivity contribution is 0.0529. The van der Waals surface area contributed by atoms with Crippen LogP contribution in [0.25, 0.3) is 0 Å². The van der Waals surface area contributed by atoms with Gasteiger partial charge in [0.1, 0.15) is 0 Å². The molecule has 0 bridgehead atoms. The van der Waals surface area contributed by atoms with Crippen LogP contribution in [0.1, 0.15) is 46.0 Å². The molecule has 74 valence electrons. The van der Waals surface area contributed by atoms with E-state index in [2.05, 4.69) is 13.8 Å². The van der Waals surface area contributed by atoms with E-state index < -0.39 is 0 Å². The molecule has 0 aliphatic rings.